The SMILES string of the molecule is CCOC(=O)c1ccc(S(=O)(=O)N2CCN(c3oc(C)nc3C#N)CC2)cc1. The predicted molar refractivity (Wildman–Crippen MR) is 99.3 cm³/mol. The number of esters is 1. The van der Waals surface area contributed by atoms with Gasteiger partial charge in [-0.2, -0.15) is 9.57 Å². The summed E-state index contributed by atoms with van der Waals surface area (Å²) in [5.74, 6) is 0.273. The number of rotatable bonds is 5. The minimum absolute atomic E-state index is 0.113. The maximum Gasteiger partial charge on any atom is 0.338 e. The first kappa shape index (κ1) is 19.9. The summed E-state index contributed by atoms with van der Waals surface area (Å²) in [6.07, 6.45) is 0. The van der Waals surface area contributed by atoms with Crippen LogP contribution in [0.3, 0.4) is 0 Å². The highest BCUT2D eigenvalue weighted by Gasteiger charge is 2.31. The lowest BCUT2D eigenvalue weighted by atomic mass is 10.2. The maximum atomic E-state index is 12.9. The molecule has 0 bridgehead atoms. The summed E-state index contributed by atoms with van der Waals surface area (Å²) < 4.78 is 37.5. The molecule has 0 unspecified atom stereocenters. The Hall–Kier alpha value is -2.90. The third-order valence-electron chi connectivity index (χ3n) is 4.35. The normalized spacial score (nSPS) is 15.2. The van der Waals surface area contributed by atoms with E-state index in [-0.39, 0.29) is 30.3 Å². The summed E-state index contributed by atoms with van der Waals surface area (Å²) in [6.45, 7) is 4.86. The third kappa shape index (κ3) is 3.85. The summed E-state index contributed by atoms with van der Waals surface area (Å²) in [4.78, 5) is 17.7. The van der Waals surface area contributed by atoms with Gasteiger partial charge in [0.05, 0.1) is 17.1 Å². The van der Waals surface area contributed by atoms with Crippen molar-refractivity contribution in [3.8, 4) is 6.07 Å². The number of hydrogen-bond donors (Lipinski definition) is 0. The van der Waals surface area contributed by atoms with Gasteiger partial charge in [0.2, 0.25) is 21.6 Å². The minimum Gasteiger partial charge on any atom is -0.462 e. The molecule has 0 aliphatic carbocycles. The van der Waals surface area contributed by atoms with Crippen LogP contribution in [0.1, 0.15) is 28.9 Å². The van der Waals surface area contributed by atoms with E-state index >= 15 is 0 Å². The van der Waals surface area contributed by atoms with E-state index in [1.165, 1.54) is 28.6 Å². The molecule has 1 fully saturated rings. The first-order valence-corrected chi connectivity index (χ1v) is 10.2. The van der Waals surface area contributed by atoms with Crippen molar-refractivity contribution in [2.24, 2.45) is 0 Å². The van der Waals surface area contributed by atoms with Gasteiger partial charge in [0.1, 0.15) is 6.07 Å². The van der Waals surface area contributed by atoms with Crippen molar-refractivity contribution in [2.75, 3.05) is 37.7 Å². The Morgan fingerprint density at radius 1 is 1.25 bits per heavy atom. The average molecular weight is 404 g/mol. The molecule has 3 rings (SSSR count). The van der Waals surface area contributed by atoms with Gasteiger partial charge in [-0.3, -0.25) is 0 Å². The van der Waals surface area contributed by atoms with Crippen LogP contribution in [0.2, 0.25) is 0 Å². The van der Waals surface area contributed by atoms with Crippen molar-refractivity contribution >= 4 is 21.9 Å². The molecule has 0 amide bonds. The summed E-state index contributed by atoms with van der Waals surface area (Å²) in [5, 5.41) is 9.15. The Balaban J connectivity index is 1.71. The molecule has 9 nitrogen and oxygen atoms in total. The molecule has 148 valence electrons. The molecule has 2 aromatic rings. The second-order valence-electron chi connectivity index (χ2n) is 6.13. The lowest BCUT2D eigenvalue weighted by molar-refractivity contribution is 0.0526. The molecule has 0 radical (unpaired) electrons. The molecule has 0 atom stereocenters. The van der Waals surface area contributed by atoms with Crippen molar-refractivity contribution < 1.29 is 22.4 Å². The minimum atomic E-state index is -3.69. The van der Waals surface area contributed by atoms with Crippen LogP contribution in [0.15, 0.2) is 33.6 Å². The number of aromatic nitrogens is 1. The largest absolute Gasteiger partial charge is 0.462 e. The average Bonchev–Trinajstić information content (AvgIpc) is 3.09. The monoisotopic (exact) mass is 404 g/mol. The number of piperazine rings is 1. The number of carbonyl (C=O) groups excluding carboxylic acids is 1. The van der Waals surface area contributed by atoms with Gasteiger partial charge in [-0.15, -0.1) is 0 Å². The fraction of sp³-hybridized carbons (Fsp3) is 0.389. The van der Waals surface area contributed by atoms with E-state index in [1.807, 2.05) is 11.0 Å². The molecule has 0 saturated carbocycles. The van der Waals surface area contributed by atoms with E-state index in [4.69, 9.17) is 14.4 Å². The van der Waals surface area contributed by atoms with Crippen molar-refractivity contribution in [3.05, 3.63) is 41.4 Å². The van der Waals surface area contributed by atoms with Crippen LogP contribution >= 0.6 is 0 Å². The van der Waals surface area contributed by atoms with Crippen molar-refractivity contribution in [2.45, 2.75) is 18.7 Å². The Bertz CT molecular complexity index is 1000. The van der Waals surface area contributed by atoms with Gasteiger partial charge in [0.25, 0.3) is 0 Å². The van der Waals surface area contributed by atoms with E-state index in [0.29, 0.717) is 30.4 Å². The van der Waals surface area contributed by atoms with Crippen LogP contribution in [0.4, 0.5) is 5.88 Å². The van der Waals surface area contributed by atoms with Crippen LogP contribution < -0.4 is 4.90 Å². The number of hydrogen-bond acceptors (Lipinski definition) is 8. The molecule has 1 saturated heterocycles. The van der Waals surface area contributed by atoms with Crippen LogP contribution in [0, 0.1) is 18.3 Å². The van der Waals surface area contributed by atoms with Crippen molar-refractivity contribution in [3.63, 3.8) is 0 Å². The summed E-state index contributed by atoms with van der Waals surface area (Å²) >= 11 is 0. The van der Waals surface area contributed by atoms with Gasteiger partial charge in [0, 0.05) is 33.1 Å². The topological polar surface area (TPSA) is 117 Å². The van der Waals surface area contributed by atoms with Crippen molar-refractivity contribution in [1.82, 2.24) is 9.29 Å². The summed E-state index contributed by atoms with van der Waals surface area (Å²) in [5.41, 5.74) is 0.499. The quantitative estimate of drug-likeness (QED) is 0.689. The molecule has 10 heteroatoms. The Morgan fingerprint density at radius 2 is 1.89 bits per heavy atom. The zero-order chi connectivity index (χ0) is 20.3. The smallest absolute Gasteiger partial charge is 0.338 e. The van der Waals surface area contributed by atoms with E-state index in [0.717, 1.165) is 0 Å². The highest BCUT2D eigenvalue weighted by molar-refractivity contribution is 7.89. The molecular formula is C18H20N4O5S. The molecular weight excluding hydrogens is 384 g/mol. The molecule has 1 aromatic carbocycles. The number of oxazole rings is 1. The fourth-order valence-corrected chi connectivity index (χ4v) is 4.38. The number of sulfonamides is 1. The predicted octanol–water partition coefficient (Wildman–Crippen LogP) is 1.54. The number of nitriles is 1. The number of nitrogens with zero attached hydrogens (tertiary/aromatic N) is 4. The van der Waals surface area contributed by atoms with E-state index in [2.05, 4.69) is 4.98 Å². The van der Waals surface area contributed by atoms with Gasteiger partial charge in [0.15, 0.2) is 5.89 Å². The standard InChI is InChI=1S/C18H20N4O5S/c1-3-26-18(23)14-4-6-15(7-5-14)28(24,25)22-10-8-21(9-11-22)17-16(12-19)20-13(2)27-17/h4-7H,3,8-11H2,1-2H3. The number of carbonyl (C=O) groups is 1. The molecule has 1 aliphatic heterocycles. The summed E-state index contributed by atoms with van der Waals surface area (Å²) in [6, 6.07) is 7.68. The molecule has 28 heavy (non-hydrogen) atoms. The molecule has 0 spiro atoms. The molecule has 0 N–H and O–H groups in total. The molecule has 1 aliphatic rings. The zero-order valence-electron chi connectivity index (χ0n) is 15.6. The van der Waals surface area contributed by atoms with Gasteiger partial charge >= 0.3 is 5.97 Å². The zero-order valence-corrected chi connectivity index (χ0v) is 16.4. The summed E-state index contributed by atoms with van der Waals surface area (Å²) in [7, 11) is -3.69. The van der Waals surface area contributed by atoms with E-state index in [1.54, 1.807) is 13.8 Å². The van der Waals surface area contributed by atoms with Crippen molar-refractivity contribution in [1.29, 1.82) is 5.26 Å². The maximum absolute atomic E-state index is 12.9. The third-order valence-corrected chi connectivity index (χ3v) is 6.26. The van der Waals surface area contributed by atoms with Gasteiger partial charge in [-0.1, -0.05) is 0 Å². The number of aryl methyl sites for hydroxylation is 1. The highest BCUT2D eigenvalue weighted by Crippen LogP contribution is 2.25. The van der Waals surface area contributed by atoms with E-state index < -0.39 is 16.0 Å². The number of anilines is 1. The van der Waals surface area contributed by atoms with E-state index in [9.17, 15) is 13.2 Å². The number of benzene rings is 1. The second-order valence-corrected chi connectivity index (χ2v) is 8.07. The highest BCUT2D eigenvalue weighted by atomic mass is 32.2. The first-order chi connectivity index (χ1) is 13.4. The molecule has 2 heterocycles. The van der Waals surface area contributed by atoms with Crippen LogP contribution in [-0.4, -0.2) is 56.5 Å². The lowest BCUT2D eigenvalue weighted by Crippen LogP contribution is -2.48. The first-order valence-electron chi connectivity index (χ1n) is 8.76. The van der Waals surface area contributed by atoms with Gasteiger partial charge < -0.3 is 14.1 Å². The van der Waals surface area contributed by atoms with Crippen LogP contribution in [0.25, 0.3) is 0 Å². The Kier molecular flexibility index (Phi) is 5.67. The fourth-order valence-electron chi connectivity index (χ4n) is 2.96. The Morgan fingerprint density at radius 3 is 2.46 bits per heavy atom. The van der Waals surface area contributed by atoms with Gasteiger partial charge in [-0.05, 0) is 31.2 Å². The van der Waals surface area contributed by atoms with Crippen LogP contribution in [0.5, 0.6) is 0 Å². The second kappa shape index (κ2) is 8.00. The molecule has 1 aromatic heterocycles. The number of ether oxygens (including phenoxy) is 1. The Labute approximate surface area is 163 Å². The lowest BCUT2D eigenvalue weighted by Gasteiger charge is -2.33. The van der Waals surface area contributed by atoms with Gasteiger partial charge in [-0.25, -0.2) is 18.2 Å². The van der Waals surface area contributed by atoms with Crippen LogP contribution in [-0.2, 0) is 14.8 Å².